The fourth-order valence-electron chi connectivity index (χ4n) is 2.41. The molecule has 4 nitrogen and oxygen atoms in total. The Morgan fingerprint density at radius 1 is 1.43 bits per heavy atom. The van der Waals surface area contributed by atoms with Crippen LogP contribution in [0, 0.1) is 0 Å². The maximum atomic E-state index is 12.1. The number of likely N-dealkylation sites (N-methyl/N-ethyl adjacent to an activating group) is 1. The zero-order valence-electron chi connectivity index (χ0n) is 12.2. The molecule has 1 fully saturated rings. The monoisotopic (exact) mass is 372 g/mol. The number of nitrogens with one attached hydrogen (secondary N) is 1. The highest BCUT2D eigenvalue weighted by Crippen LogP contribution is 2.15. The minimum absolute atomic E-state index is 0.150. The van der Waals surface area contributed by atoms with Crippen LogP contribution in [0.3, 0.4) is 0 Å². The molecule has 1 saturated heterocycles. The molecule has 1 heterocycles. The van der Waals surface area contributed by atoms with Crippen LogP contribution in [0.4, 0.5) is 0 Å². The molecular weight excluding hydrogens is 352 g/mol. The largest absolute Gasteiger partial charge is 0.341 e. The van der Waals surface area contributed by atoms with Crippen molar-refractivity contribution in [2.75, 3.05) is 25.9 Å². The van der Waals surface area contributed by atoms with Crippen molar-refractivity contribution >= 4 is 32.6 Å². The Bertz CT molecular complexity index is 501. The van der Waals surface area contributed by atoms with Gasteiger partial charge in [-0.05, 0) is 43.7 Å². The molecule has 2 rings (SSSR count). The second-order valence-corrected chi connectivity index (χ2v) is 7.74. The molecule has 1 aliphatic heterocycles. The van der Waals surface area contributed by atoms with E-state index in [1.807, 2.05) is 36.2 Å². The van der Waals surface area contributed by atoms with Gasteiger partial charge in [0.05, 0.1) is 10.8 Å². The summed E-state index contributed by atoms with van der Waals surface area (Å²) in [6.45, 7) is 1.86. The maximum Gasteiger partial charge on any atom is 0.222 e. The highest BCUT2D eigenvalue weighted by atomic mass is 79.9. The van der Waals surface area contributed by atoms with Gasteiger partial charge in [0.25, 0.3) is 0 Å². The van der Waals surface area contributed by atoms with Crippen LogP contribution in [0.2, 0.25) is 0 Å². The van der Waals surface area contributed by atoms with Crippen molar-refractivity contribution in [1.29, 1.82) is 0 Å². The third-order valence-electron chi connectivity index (χ3n) is 3.77. The molecule has 0 aromatic heterocycles. The first-order chi connectivity index (χ1) is 10.1. The SMILES string of the molecule is CN(C(=O)CCCS(=O)c1ccc(Br)cc1)C1CCNC1. The van der Waals surface area contributed by atoms with Crippen molar-refractivity contribution in [3.05, 3.63) is 28.7 Å². The first-order valence-corrected chi connectivity index (χ1v) is 9.29. The predicted molar refractivity (Wildman–Crippen MR) is 88.7 cm³/mol. The summed E-state index contributed by atoms with van der Waals surface area (Å²) < 4.78 is 13.1. The van der Waals surface area contributed by atoms with Crippen LogP contribution in [-0.4, -0.2) is 46.9 Å². The Hall–Kier alpha value is -0.720. The number of carbonyl (C=O) groups excluding carboxylic acids is 1. The molecule has 2 unspecified atom stereocenters. The topological polar surface area (TPSA) is 49.4 Å². The molecule has 0 radical (unpaired) electrons. The molecule has 6 heteroatoms. The molecule has 0 saturated carbocycles. The molecule has 2 atom stereocenters. The Balaban J connectivity index is 1.74. The first-order valence-electron chi connectivity index (χ1n) is 7.18. The summed E-state index contributed by atoms with van der Waals surface area (Å²) in [6.07, 6.45) is 2.15. The molecule has 0 bridgehead atoms. The van der Waals surface area contributed by atoms with E-state index in [0.29, 0.717) is 24.6 Å². The third kappa shape index (κ3) is 4.90. The van der Waals surface area contributed by atoms with Gasteiger partial charge in [-0.15, -0.1) is 0 Å². The Morgan fingerprint density at radius 3 is 2.76 bits per heavy atom. The van der Waals surface area contributed by atoms with E-state index in [-0.39, 0.29) is 5.91 Å². The lowest BCUT2D eigenvalue weighted by Gasteiger charge is -2.23. The number of hydrogen-bond acceptors (Lipinski definition) is 3. The minimum Gasteiger partial charge on any atom is -0.341 e. The second kappa shape index (κ2) is 8.06. The van der Waals surface area contributed by atoms with Crippen molar-refractivity contribution in [2.45, 2.75) is 30.2 Å². The minimum atomic E-state index is -1.03. The average molecular weight is 373 g/mol. The lowest BCUT2D eigenvalue weighted by atomic mass is 10.2. The van der Waals surface area contributed by atoms with E-state index >= 15 is 0 Å². The van der Waals surface area contributed by atoms with Crippen LogP contribution in [0.5, 0.6) is 0 Å². The van der Waals surface area contributed by atoms with Crippen LogP contribution in [0.25, 0.3) is 0 Å². The summed E-state index contributed by atoms with van der Waals surface area (Å²) >= 11 is 3.36. The maximum absolute atomic E-state index is 12.1. The third-order valence-corrected chi connectivity index (χ3v) is 5.76. The summed E-state index contributed by atoms with van der Waals surface area (Å²) in [4.78, 5) is 14.7. The van der Waals surface area contributed by atoms with E-state index in [1.165, 1.54) is 0 Å². The van der Waals surface area contributed by atoms with E-state index in [0.717, 1.165) is 28.9 Å². The number of benzene rings is 1. The van der Waals surface area contributed by atoms with Crippen molar-refractivity contribution < 1.29 is 9.00 Å². The quantitative estimate of drug-likeness (QED) is 0.832. The Morgan fingerprint density at radius 2 is 2.14 bits per heavy atom. The number of nitrogens with zero attached hydrogens (tertiary/aromatic N) is 1. The second-order valence-electron chi connectivity index (χ2n) is 5.26. The summed E-state index contributed by atoms with van der Waals surface area (Å²) in [6, 6.07) is 7.81. The van der Waals surface area contributed by atoms with Crippen LogP contribution in [0.1, 0.15) is 19.3 Å². The van der Waals surface area contributed by atoms with Gasteiger partial charge in [0.15, 0.2) is 0 Å². The van der Waals surface area contributed by atoms with Gasteiger partial charge in [0.1, 0.15) is 0 Å². The van der Waals surface area contributed by atoms with Crippen molar-refractivity contribution in [2.24, 2.45) is 0 Å². The first kappa shape index (κ1) is 16.6. The standard InChI is InChI=1S/C15H21BrN2O2S/c1-18(13-8-9-17-11-13)15(19)3-2-10-21(20)14-6-4-12(16)5-7-14/h4-7,13,17H,2-3,8-11H2,1H3. The van der Waals surface area contributed by atoms with Crippen LogP contribution < -0.4 is 5.32 Å². The van der Waals surface area contributed by atoms with Crippen LogP contribution >= 0.6 is 15.9 Å². The van der Waals surface area contributed by atoms with Gasteiger partial charge in [0, 0.05) is 41.2 Å². The van der Waals surface area contributed by atoms with Crippen molar-refractivity contribution in [3.63, 3.8) is 0 Å². The fraction of sp³-hybridized carbons (Fsp3) is 0.533. The van der Waals surface area contributed by atoms with Crippen LogP contribution in [-0.2, 0) is 15.6 Å². The summed E-state index contributed by atoms with van der Waals surface area (Å²) in [5, 5.41) is 3.26. The number of amides is 1. The molecule has 0 spiro atoms. The van der Waals surface area contributed by atoms with E-state index in [1.54, 1.807) is 0 Å². The molecule has 0 aliphatic carbocycles. The van der Waals surface area contributed by atoms with Crippen molar-refractivity contribution in [3.8, 4) is 0 Å². The zero-order valence-corrected chi connectivity index (χ0v) is 14.6. The summed E-state index contributed by atoms with van der Waals surface area (Å²) in [5.41, 5.74) is 0. The van der Waals surface area contributed by atoms with E-state index in [2.05, 4.69) is 21.2 Å². The number of halogens is 1. The fourth-order valence-corrected chi connectivity index (χ4v) is 3.75. The number of rotatable bonds is 6. The smallest absolute Gasteiger partial charge is 0.222 e. The molecule has 1 amide bonds. The highest BCUT2D eigenvalue weighted by Gasteiger charge is 2.22. The molecule has 1 N–H and O–H groups in total. The van der Waals surface area contributed by atoms with E-state index in [4.69, 9.17) is 0 Å². The van der Waals surface area contributed by atoms with E-state index in [9.17, 15) is 9.00 Å². The lowest BCUT2D eigenvalue weighted by Crippen LogP contribution is -2.38. The highest BCUT2D eigenvalue weighted by molar-refractivity contribution is 9.10. The zero-order chi connectivity index (χ0) is 15.2. The molecule has 1 aromatic carbocycles. The van der Waals surface area contributed by atoms with Gasteiger partial charge >= 0.3 is 0 Å². The number of hydrogen-bond donors (Lipinski definition) is 1. The molecule has 1 aromatic rings. The molecule has 116 valence electrons. The van der Waals surface area contributed by atoms with Gasteiger partial charge in [-0.3, -0.25) is 9.00 Å². The predicted octanol–water partition coefficient (Wildman–Crippen LogP) is 2.16. The average Bonchev–Trinajstić information content (AvgIpc) is 3.01. The van der Waals surface area contributed by atoms with E-state index < -0.39 is 10.8 Å². The van der Waals surface area contributed by atoms with Gasteiger partial charge in [-0.25, -0.2) is 0 Å². The van der Waals surface area contributed by atoms with Crippen molar-refractivity contribution in [1.82, 2.24) is 10.2 Å². The molecule has 1 aliphatic rings. The summed E-state index contributed by atoms with van der Waals surface area (Å²) in [7, 11) is 0.840. The Kier molecular flexibility index (Phi) is 6.39. The van der Waals surface area contributed by atoms with Gasteiger partial charge < -0.3 is 10.2 Å². The van der Waals surface area contributed by atoms with Gasteiger partial charge in [-0.2, -0.15) is 0 Å². The molecular formula is C15H21BrN2O2S. The normalized spacial score (nSPS) is 19.4. The Labute approximate surface area is 136 Å². The van der Waals surface area contributed by atoms with Crippen LogP contribution in [0.15, 0.2) is 33.6 Å². The number of carbonyl (C=O) groups is 1. The lowest BCUT2D eigenvalue weighted by molar-refractivity contribution is -0.131. The summed E-state index contributed by atoms with van der Waals surface area (Å²) in [5.74, 6) is 0.681. The molecule has 21 heavy (non-hydrogen) atoms. The van der Waals surface area contributed by atoms with Gasteiger partial charge in [0.2, 0.25) is 5.91 Å². The van der Waals surface area contributed by atoms with Gasteiger partial charge in [-0.1, -0.05) is 15.9 Å².